The second kappa shape index (κ2) is 11.1. The highest BCUT2D eigenvalue weighted by Gasteiger charge is 2.21. The van der Waals surface area contributed by atoms with E-state index in [-0.39, 0.29) is 12.0 Å². The van der Waals surface area contributed by atoms with E-state index in [1.165, 1.54) is 12.8 Å². The van der Waals surface area contributed by atoms with Gasteiger partial charge in [0, 0.05) is 49.7 Å². The summed E-state index contributed by atoms with van der Waals surface area (Å²) in [6.45, 7) is 4.52. The molecule has 1 unspecified atom stereocenters. The summed E-state index contributed by atoms with van der Waals surface area (Å²) in [7, 11) is 1.74. The average Bonchev–Trinajstić information content (AvgIpc) is 3.20. The van der Waals surface area contributed by atoms with Crippen LogP contribution in [0.1, 0.15) is 12.8 Å². The standard InChI is InChI=1S/C21H25ClN4O2.CH2O2/c1-28-10-9-25-7-2-3-15(13-25)14-26-8-6-23-20(26)18-11-16-4-5-17(22)12-19(16)24-21(18)27;2-1-3/h4-6,8,11-12,15H,2-3,7,9-10,13-14H2,1H3,(H,24,27);1H,(H,2,3). The minimum atomic E-state index is -0.250. The van der Waals surface area contributed by atoms with Crippen LogP contribution in [0.5, 0.6) is 0 Å². The van der Waals surface area contributed by atoms with E-state index in [2.05, 4.69) is 19.4 Å². The van der Waals surface area contributed by atoms with Gasteiger partial charge in [-0.3, -0.25) is 9.59 Å². The van der Waals surface area contributed by atoms with Crippen LogP contribution in [0, 0.1) is 5.92 Å². The third-order valence-electron chi connectivity index (χ3n) is 5.43. The molecule has 3 aromatic rings. The number of pyridine rings is 1. The number of halogens is 1. The zero-order valence-electron chi connectivity index (χ0n) is 17.5. The molecule has 9 heteroatoms. The van der Waals surface area contributed by atoms with Crippen LogP contribution < -0.4 is 5.56 Å². The number of piperidine rings is 1. The summed E-state index contributed by atoms with van der Waals surface area (Å²) >= 11 is 6.04. The highest BCUT2D eigenvalue weighted by molar-refractivity contribution is 6.31. The summed E-state index contributed by atoms with van der Waals surface area (Å²) in [6.07, 6.45) is 6.12. The van der Waals surface area contributed by atoms with E-state index < -0.39 is 0 Å². The maximum absolute atomic E-state index is 12.7. The van der Waals surface area contributed by atoms with E-state index in [9.17, 15) is 4.79 Å². The predicted molar refractivity (Wildman–Crippen MR) is 121 cm³/mol. The van der Waals surface area contributed by atoms with Crippen LogP contribution in [0.2, 0.25) is 5.02 Å². The molecular weight excluding hydrogens is 420 g/mol. The molecule has 1 aliphatic heterocycles. The van der Waals surface area contributed by atoms with Crippen LogP contribution in [0.4, 0.5) is 0 Å². The lowest BCUT2D eigenvalue weighted by Crippen LogP contribution is -2.38. The number of methoxy groups -OCH3 is 1. The molecule has 4 rings (SSSR count). The third-order valence-corrected chi connectivity index (χ3v) is 5.67. The molecule has 0 aliphatic carbocycles. The maximum atomic E-state index is 12.7. The number of hydrogen-bond acceptors (Lipinski definition) is 5. The Morgan fingerprint density at radius 3 is 2.97 bits per heavy atom. The molecule has 0 radical (unpaired) electrons. The summed E-state index contributed by atoms with van der Waals surface area (Å²) in [4.78, 5) is 30.9. The van der Waals surface area contributed by atoms with Crippen LogP contribution in [-0.2, 0) is 16.1 Å². The first kappa shape index (κ1) is 23.0. The second-order valence-electron chi connectivity index (χ2n) is 7.55. The fraction of sp³-hybridized carbons (Fsp3) is 0.409. The number of benzene rings is 1. The van der Waals surface area contributed by atoms with Gasteiger partial charge in [0.25, 0.3) is 12.0 Å². The Balaban J connectivity index is 0.000000858. The topological polar surface area (TPSA) is 100 Å². The number of carbonyl (C=O) groups is 1. The number of ether oxygens (including phenoxy) is 1. The lowest BCUT2D eigenvalue weighted by atomic mass is 9.98. The van der Waals surface area contributed by atoms with Gasteiger partial charge in [0.2, 0.25) is 0 Å². The summed E-state index contributed by atoms with van der Waals surface area (Å²) in [5.41, 5.74) is 1.18. The van der Waals surface area contributed by atoms with Crippen LogP contribution in [0.25, 0.3) is 22.3 Å². The SMILES string of the molecule is COCCN1CCCC(Cn2ccnc2-c2cc3ccc(Cl)cc3[nH]c2=O)C1.O=CO. The van der Waals surface area contributed by atoms with Gasteiger partial charge in [-0.1, -0.05) is 17.7 Å². The minimum Gasteiger partial charge on any atom is -0.483 e. The van der Waals surface area contributed by atoms with Gasteiger partial charge in [-0.2, -0.15) is 0 Å². The first-order valence-electron chi connectivity index (χ1n) is 10.2. The number of likely N-dealkylation sites (tertiary alicyclic amines) is 1. The summed E-state index contributed by atoms with van der Waals surface area (Å²) in [5, 5.41) is 8.43. The Morgan fingerprint density at radius 2 is 2.19 bits per heavy atom. The number of H-pyrrole nitrogens is 1. The van der Waals surface area contributed by atoms with Crippen molar-refractivity contribution in [2.75, 3.05) is 33.4 Å². The van der Waals surface area contributed by atoms with Crippen molar-refractivity contribution < 1.29 is 14.6 Å². The molecule has 2 aromatic heterocycles. The predicted octanol–water partition coefficient (Wildman–Crippen LogP) is 3.10. The van der Waals surface area contributed by atoms with Crippen LogP contribution in [0.15, 0.2) is 41.5 Å². The monoisotopic (exact) mass is 446 g/mol. The van der Waals surface area contributed by atoms with Gasteiger partial charge in [0.05, 0.1) is 12.2 Å². The molecular formula is C22H27ClN4O4. The molecule has 1 saturated heterocycles. The van der Waals surface area contributed by atoms with Crippen LogP contribution in [0.3, 0.4) is 0 Å². The number of rotatable bonds is 6. The number of nitrogens with one attached hydrogen (secondary N) is 1. The molecule has 0 amide bonds. The van der Waals surface area contributed by atoms with Crippen molar-refractivity contribution in [3.05, 3.63) is 52.0 Å². The van der Waals surface area contributed by atoms with Gasteiger partial charge < -0.3 is 24.3 Å². The number of nitrogens with zero attached hydrogens (tertiary/aromatic N) is 3. The van der Waals surface area contributed by atoms with Gasteiger partial charge in [-0.05, 0) is 48.9 Å². The molecule has 1 atom stereocenters. The Labute approximate surface area is 185 Å². The number of hydrogen-bond donors (Lipinski definition) is 2. The van der Waals surface area contributed by atoms with Crippen LogP contribution in [-0.4, -0.2) is 64.4 Å². The van der Waals surface area contributed by atoms with Crippen molar-refractivity contribution >= 4 is 29.0 Å². The minimum absolute atomic E-state index is 0.146. The van der Waals surface area contributed by atoms with E-state index in [1.807, 2.05) is 24.4 Å². The van der Waals surface area contributed by atoms with Gasteiger partial charge in [0.15, 0.2) is 0 Å². The fourth-order valence-electron chi connectivity index (χ4n) is 4.04. The molecule has 1 fully saturated rings. The molecule has 1 aliphatic rings. The molecule has 31 heavy (non-hydrogen) atoms. The first-order chi connectivity index (χ1) is 15.0. The number of aromatic amines is 1. The maximum Gasteiger partial charge on any atom is 0.290 e. The van der Waals surface area contributed by atoms with Crippen molar-refractivity contribution in [3.8, 4) is 11.4 Å². The van der Waals surface area contributed by atoms with Crippen molar-refractivity contribution in [2.24, 2.45) is 5.92 Å². The molecule has 0 spiro atoms. The van der Waals surface area contributed by atoms with Crippen molar-refractivity contribution in [2.45, 2.75) is 19.4 Å². The first-order valence-corrected chi connectivity index (χ1v) is 10.6. The number of fused-ring (bicyclic) bond motifs is 1. The van der Waals surface area contributed by atoms with E-state index in [1.54, 1.807) is 19.4 Å². The second-order valence-corrected chi connectivity index (χ2v) is 7.99. The van der Waals surface area contributed by atoms with Crippen molar-refractivity contribution in [1.29, 1.82) is 0 Å². The van der Waals surface area contributed by atoms with Crippen molar-refractivity contribution in [3.63, 3.8) is 0 Å². The van der Waals surface area contributed by atoms with Gasteiger partial charge in [-0.15, -0.1) is 0 Å². The lowest BCUT2D eigenvalue weighted by molar-refractivity contribution is -0.122. The Hall–Kier alpha value is -2.68. The van der Waals surface area contributed by atoms with E-state index >= 15 is 0 Å². The highest BCUT2D eigenvalue weighted by atomic mass is 35.5. The fourth-order valence-corrected chi connectivity index (χ4v) is 4.21. The average molecular weight is 447 g/mol. The molecule has 2 N–H and O–H groups in total. The van der Waals surface area contributed by atoms with Gasteiger partial charge in [0.1, 0.15) is 5.82 Å². The third kappa shape index (κ3) is 5.94. The van der Waals surface area contributed by atoms with E-state index in [4.69, 9.17) is 26.2 Å². The van der Waals surface area contributed by atoms with Gasteiger partial charge >= 0.3 is 0 Å². The number of imidazole rings is 1. The summed E-state index contributed by atoms with van der Waals surface area (Å²) < 4.78 is 7.32. The summed E-state index contributed by atoms with van der Waals surface area (Å²) in [6, 6.07) is 7.41. The molecule has 8 nitrogen and oxygen atoms in total. The zero-order valence-corrected chi connectivity index (χ0v) is 18.2. The van der Waals surface area contributed by atoms with E-state index in [0.29, 0.717) is 22.3 Å². The number of carboxylic acid groups (broad SMARTS) is 1. The molecule has 0 bridgehead atoms. The van der Waals surface area contributed by atoms with Gasteiger partial charge in [-0.25, -0.2) is 4.98 Å². The quantitative estimate of drug-likeness (QED) is 0.564. The highest BCUT2D eigenvalue weighted by Crippen LogP contribution is 2.24. The number of aromatic nitrogens is 3. The molecule has 1 aromatic carbocycles. The van der Waals surface area contributed by atoms with Crippen molar-refractivity contribution in [1.82, 2.24) is 19.4 Å². The van der Waals surface area contributed by atoms with Crippen LogP contribution >= 0.6 is 11.6 Å². The zero-order chi connectivity index (χ0) is 22.2. The largest absolute Gasteiger partial charge is 0.483 e. The Morgan fingerprint density at radius 1 is 1.39 bits per heavy atom. The normalized spacial score (nSPS) is 16.6. The van der Waals surface area contributed by atoms with E-state index in [0.717, 1.165) is 43.7 Å². The Kier molecular flexibility index (Phi) is 8.22. The molecule has 3 heterocycles. The summed E-state index contributed by atoms with van der Waals surface area (Å²) in [5.74, 6) is 1.25. The Bertz CT molecular complexity index is 1070. The molecule has 166 valence electrons. The molecule has 0 saturated carbocycles. The lowest BCUT2D eigenvalue weighted by Gasteiger charge is -2.32. The smallest absolute Gasteiger partial charge is 0.290 e.